The van der Waals surface area contributed by atoms with Crippen molar-refractivity contribution in [3.8, 4) is 0 Å². The molecular formula is C22H26N2O3S. The van der Waals surface area contributed by atoms with Crippen molar-refractivity contribution in [2.45, 2.75) is 37.6 Å². The van der Waals surface area contributed by atoms with E-state index in [9.17, 15) is 9.59 Å². The van der Waals surface area contributed by atoms with Crippen LogP contribution in [0.2, 0.25) is 0 Å². The second-order valence-corrected chi connectivity index (χ2v) is 8.05. The SMILES string of the molecule is Cc1cc(/C=C/C(=O)OCC(=O)NCCSc2ccccc2)c(C)n1C1CC1. The van der Waals surface area contributed by atoms with Gasteiger partial charge in [0.25, 0.3) is 5.91 Å². The van der Waals surface area contributed by atoms with Crippen molar-refractivity contribution in [1.29, 1.82) is 0 Å². The molecule has 3 rings (SSSR count). The second kappa shape index (κ2) is 9.64. The van der Waals surface area contributed by atoms with Crippen molar-refractivity contribution in [3.63, 3.8) is 0 Å². The second-order valence-electron chi connectivity index (χ2n) is 6.88. The van der Waals surface area contributed by atoms with Crippen LogP contribution in [0.5, 0.6) is 0 Å². The molecule has 0 atom stereocenters. The van der Waals surface area contributed by atoms with Gasteiger partial charge >= 0.3 is 5.97 Å². The average molecular weight is 399 g/mol. The minimum absolute atomic E-state index is 0.264. The number of esters is 1. The van der Waals surface area contributed by atoms with Gasteiger partial charge in [0.15, 0.2) is 6.61 Å². The topological polar surface area (TPSA) is 60.3 Å². The Bertz CT molecular complexity index is 854. The third-order valence-electron chi connectivity index (χ3n) is 4.62. The largest absolute Gasteiger partial charge is 0.452 e. The molecule has 0 saturated heterocycles. The molecule has 0 spiro atoms. The van der Waals surface area contributed by atoms with Crippen LogP contribution in [-0.4, -0.2) is 35.3 Å². The summed E-state index contributed by atoms with van der Waals surface area (Å²) in [6.45, 7) is 4.41. The van der Waals surface area contributed by atoms with Crippen LogP contribution in [0.3, 0.4) is 0 Å². The number of thioether (sulfide) groups is 1. The molecule has 1 fully saturated rings. The van der Waals surface area contributed by atoms with Gasteiger partial charge in [0.2, 0.25) is 0 Å². The summed E-state index contributed by atoms with van der Waals surface area (Å²) in [4.78, 5) is 24.8. The molecule has 0 bridgehead atoms. The van der Waals surface area contributed by atoms with Crippen molar-refractivity contribution in [1.82, 2.24) is 9.88 Å². The molecule has 0 aliphatic heterocycles. The van der Waals surface area contributed by atoms with Gasteiger partial charge < -0.3 is 14.6 Å². The van der Waals surface area contributed by atoms with Gasteiger partial charge in [0, 0.05) is 40.7 Å². The molecule has 0 unspecified atom stereocenters. The summed E-state index contributed by atoms with van der Waals surface area (Å²) in [6, 6.07) is 12.7. The number of hydrogen-bond donors (Lipinski definition) is 1. The zero-order valence-electron chi connectivity index (χ0n) is 16.3. The Morgan fingerprint density at radius 1 is 1.25 bits per heavy atom. The first-order chi connectivity index (χ1) is 13.5. The van der Waals surface area contributed by atoms with Gasteiger partial charge in [-0.25, -0.2) is 4.79 Å². The monoisotopic (exact) mass is 398 g/mol. The number of rotatable bonds is 9. The number of nitrogens with one attached hydrogen (secondary N) is 1. The van der Waals surface area contributed by atoms with Crippen LogP contribution in [0.1, 0.15) is 35.8 Å². The Labute approximate surface area is 170 Å². The quantitative estimate of drug-likeness (QED) is 0.301. The zero-order valence-corrected chi connectivity index (χ0v) is 17.1. The maximum atomic E-state index is 11.9. The van der Waals surface area contributed by atoms with Crippen LogP contribution < -0.4 is 5.32 Å². The Hall–Kier alpha value is -2.47. The molecule has 1 heterocycles. The van der Waals surface area contributed by atoms with Crippen LogP contribution in [0.4, 0.5) is 0 Å². The van der Waals surface area contributed by atoms with Gasteiger partial charge in [-0.05, 0) is 56.5 Å². The average Bonchev–Trinajstić information content (AvgIpc) is 3.48. The third-order valence-corrected chi connectivity index (χ3v) is 5.63. The van der Waals surface area contributed by atoms with Crippen molar-refractivity contribution in [2.24, 2.45) is 0 Å². The highest BCUT2D eigenvalue weighted by Gasteiger charge is 2.26. The molecule has 1 saturated carbocycles. The van der Waals surface area contributed by atoms with E-state index in [1.165, 1.54) is 24.6 Å². The maximum absolute atomic E-state index is 11.9. The highest BCUT2D eigenvalue weighted by Crippen LogP contribution is 2.38. The Morgan fingerprint density at radius 2 is 2.00 bits per heavy atom. The molecule has 28 heavy (non-hydrogen) atoms. The molecular weight excluding hydrogens is 372 g/mol. The number of amides is 1. The lowest BCUT2D eigenvalue weighted by Gasteiger charge is -2.06. The van der Waals surface area contributed by atoms with Crippen LogP contribution in [0.15, 0.2) is 47.4 Å². The van der Waals surface area contributed by atoms with E-state index in [1.807, 2.05) is 30.3 Å². The summed E-state index contributed by atoms with van der Waals surface area (Å²) in [5, 5.41) is 2.76. The van der Waals surface area contributed by atoms with E-state index >= 15 is 0 Å². The molecule has 1 N–H and O–H groups in total. The highest BCUT2D eigenvalue weighted by atomic mass is 32.2. The first-order valence-electron chi connectivity index (χ1n) is 9.52. The van der Waals surface area contributed by atoms with Crippen molar-refractivity contribution in [2.75, 3.05) is 18.9 Å². The fourth-order valence-electron chi connectivity index (χ4n) is 3.14. The van der Waals surface area contributed by atoms with Crippen molar-refractivity contribution < 1.29 is 14.3 Å². The summed E-state index contributed by atoms with van der Waals surface area (Å²) in [6.07, 6.45) is 5.59. The van der Waals surface area contributed by atoms with Crippen molar-refractivity contribution in [3.05, 3.63) is 59.4 Å². The normalized spacial score (nSPS) is 13.6. The summed E-state index contributed by atoms with van der Waals surface area (Å²) in [7, 11) is 0. The molecule has 148 valence electrons. The number of aromatic nitrogens is 1. The minimum Gasteiger partial charge on any atom is -0.452 e. The molecule has 0 radical (unpaired) electrons. The smallest absolute Gasteiger partial charge is 0.331 e. The number of ether oxygens (including phenoxy) is 1. The minimum atomic E-state index is -0.509. The molecule has 1 aromatic heterocycles. The van der Waals surface area contributed by atoms with E-state index in [2.05, 4.69) is 29.8 Å². The van der Waals surface area contributed by atoms with Gasteiger partial charge in [-0.2, -0.15) is 0 Å². The maximum Gasteiger partial charge on any atom is 0.331 e. The Kier molecular flexibility index (Phi) is 6.98. The molecule has 2 aromatic rings. The standard InChI is InChI=1S/C22H26N2O3S/c1-16-14-18(17(2)24(16)19-9-10-19)8-11-22(26)27-15-21(25)23-12-13-28-20-6-4-3-5-7-20/h3-8,11,14,19H,9-10,12-13,15H2,1-2H3,(H,23,25)/b11-8+. The van der Waals surface area contributed by atoms with Crippen LogP contribution in [0, 0.1) is 13.8 Å². The Morgan fingerprint density at radius 3 is 2.71 bits per heavy atom. The lowest BCUT2D eigenvalue weighted by Crippen LogP contribution is -2.30. The molecule has 1 aromatic carbocycles. The molecule has 1 aliphatic rings. The van der Waals surface area contributed by atoms with E-state index in [0.29, 0.717) is 12.6 Å². The summed E-state index contributed by atoms with van der Waals surface area (Å²) < 4.78 is 7.35. The van der Waals surface area contributed by atoms with Gasteiger partial charge in [0.1, 0.15) is 0 Å². The van der Waals surface area contributed by atoms with Gasteiger partial charge in [0.05, 0.1) is 0 Å². The van der Waals surface area contributed by atoms with Gasteiger partial charge in [-0.1, -0.05) is 18.2 Å². The Balaban J connectivity index is 1.36. The van der Waals surface area contributed by atoms with Crippen LogP contribution in [-0.2, 0) is 14.3 Å². The summed E-state index contributed by atoms with van der Waals surface area (Å²) >= 11 is 1.67. The molecule has 1 aliphatic carbocycles. The van der Waals surface area contributed by atoms with Gasteiger partial charge in [-0.3, -0.25) is 4.79 Å². The number of nitrogens with zero attached hydrogens (tertiary/aromatic N) is 1. The number of benzene rings is 1. The predicted molar refractivity (Wildman–Crippen MR) is 112 cm³/mol. The number of hydrogen-bond acceptors (Lipinski definition) is 4. The number of carbonyl (C=O) groups excluding carboxylic acids is 2. The van der Waals surface area contributed by atoms with E-state index in [1.54, 1.807) is 17.8 Å². The van der Waals surface area contributed by atoms with Crippen molar-refractivity contribution >= 4 is 29.7 Å². The van der Waals surface area contributed by atoms with Crippen LogP contribution >= 0.6 is 11.8 Å². The first kappa shape index (κ1) is 20.3. The summed E-state index contributed by atoms with van der Waals surface area (Å²) in [5.74, 6) is -0.0346. The molecule has 6 heteroatoms. The summed E-state index contributed by atoms with van der Waals surface area (Å²) in [5.41, 5.74) is 3.39. The third kappa shape index (κ3) is 5.76. The van der Waals surface area contributed by atoms with Crippen LogP contribution in [0.25, 0.3) is 6.08 Å². The predicted octanol–water partition coefficient (Wildman–Crippen LogP) is 3.90. The van der Waals surface area contributed by atoms with E-state index in [-0.39, 0.29) is 12.5 Å². The lowest BCUT2D eigenvalue weighted by atomic mass is 10.2. The zero-order chi connectivity index (χ0) is 19.9. The lowest BCUT2D eigenvalue weighted by molar-refractivity contribution is -0.143. The molecule has 5 nitrogen and oxygen atoms in total. The van der Waals surface area contributed by atoms with E-state index < -0.39 is 5.97 Å². The van der Waals surface area contributed by atoms with E-state index in [4.69, 9.17) is 4.74 Å². The van der Waals surface area contributed by atoms with Gasteiger partial charge in [-0.15, -0.1) is 11.8 Å². The van der Waals surface area contributed by atoms with E-state index in [0.717, 1.165) is 21.9 Å². The fourth-order valence-corrected chi connectivity index (χ4v) is 3.93. The molecule has 1 amide bonds. The highest BCUT2D eigenvalue weighted by molar-refractivity contribution is 7.99. The fraction of sp³-hybridized carbons (Fsp3) is 0.364. The first-order valence-corrected chi connectivity index (χ1v) is 10.5. The number of aryl methyl sites for hydroxylation is 1. The number of carbonyl (C=O) groups is 2.